The lowest BCUT2D eigenvalue weighted by Crippen LogP contribution is -2.35. The van der Waals surface area contributed by atoms with Crippen LogP contribution in [-0.4, -0.2) is 31.9 Å². The van der Waals surface area contributed by atoms with Crippen molar-refractivity contribution in [3.63, 3.8) is 0 Å². The molecule has 0 bridgehead atoms. The van der Waals surface area contributed by atoms with Gasteiger partial charge in [-0.3, -0.25) is 20.3 Å². The zero-order valence-electron chi connectivity index (χ0n) is 17.9. The fourth-order valence-corrected chi connectivity index (χ4v) is 5.29. The van der Waals surface area contributed by atoms with E-state index in [1.165, 1.54) is 54.2 Å². The predicted octanol–water partition coefficient (Wildman–Crippen LogP) is 5.36. The summed E-state index contributed by atoms with van der Waals surface area (Å²) in [5.41, 5.74) is 1.47. The van der Waals surface area contributed by atoms with Crippen LogP contribution in [0.25, 0.3) is 17.4 Å². The van der Waals surface area contributed by atoms with Gasteiger partial charge in [0.1, 0.15) is 16.6 Å². The van der Waals surface area contributed by atoms with E-state index in [1.54, 1.807) is 18.2 Å². The molecule has 10 heteroatoms. The molecule has 0 saturated heterocycles. The number of thioether (sulfide) groups is 1. The van der Waals surface area contributed by atoms with Crippen molar-refractivity contribution in [3.05, 3.63) is 57.3 Å². The van der Waals surface area contributed by atoms with Crippen LogP contribution < -0.4 is 0 Å². The summed E-state index contributed by atoms with van der Waals surface area (Å²) >= 11 is 1.38. The van der Waals surface area contributed by atoms with E-state index in [9.17, 15) is 14.9 Å². The number of carbonyl (C=O) groups is 1. The number of benzene rings is 1. The molecule has 9 nitrogen and oxygen atoms in total. The van der Waals surface area contributed by atoms with E-state index in [2.05, 4.69) is 10.1 Å². The van der Waals surface area contributed by atoms with E-state index >= 15 is 0 Å². The van der Waals surface area contributed by atoms with Crippen LogP contribution in [0.3, 0.4) is 0 Å². The third-order valence-electron chi connectivity index (χ3n) is 6.04. The Hall–Kier alpha value is -3.53. The van der Waals surface area contributed by atoms with Gasteiger partial charge in [-0.2, -0.15) is 15.1 Å². The lowest BCUT2D eigenvalue weighted by atomic mass is 9.90. The molecule has 1 saturated carbocycles. The number of aliphatic imine (C=N–C) groups is 1. The maximum atomic E-state index is 12.7. The van der Waals surface area contributed by atoms with Crippen molar-refractivity contribution in [3.8, 4) is 11.3 Å². The molecule has 2 aliphatic heterocycles. The normalized spacial score (nSPS) is 20.2. The zero-order valence-corrected chi connectivity index (χ0v) is 18.7. The summed E-state index contributed by atoms with van der Waals surface area (Å²) in [6.07, 6.45) is 7.19. The predicted molar refractivity (Wildman–Crippen MR) is 127 cm³/mol. The summed E-state index contributed by atoms with van der Waals surface area (Å²) in [4.78, 5) is 27.5. The van der Waals surface area contributed by atoms with E-state index < -0.39 is 10.8 Å². The largest absolute Gasteiger partial charge is 0.457 e. The molecule has 1 aromatic carbocycles. The molecule has 1 N–H and O–H groups in total. The van der Waals surface area contributed by atoms with Gasteiger partial charge in [-0.25, -0.2) is 0 Å². The van der Waals surface area contributed by atoms with Crippen molar-refractivity contribution in [1.29, 1.82) is 5.41 Å². The Balaban J connectivity index is 1.42. The highest BCUT2D eigenvalue weighted by Gasteiger charge is 2.38. The van der Waals surface area contributed by atoms with Gasteiger partial charge in [0, 0.05) is 23.6 Å². The number of nitro groups is 1. The number of nitro benzene ring substituents is 1. The van der Waals surface area contributed by atoms with Crippen LogP contribution in [0.1, 0.15) is 43.4 Å². The van der Waals surface area contributed by atoms with Crippen molar-refractivity contribution in [2.45, 2.75) is 39.0 Å². The highest BCUT2D eigenvalue weighted by Crippen LogP contribution is 2.36. The molecule has 33 heavy (non-hydrogen) atoms. The number of nitrogens with one attached hydrogen (secondary N) is 1. The molecule has 0 radical (unpaired) electrons. The van der Waals surface area contributed by atoms with Gasteiger partial charge < -0.3 is 4.42 Å². The standard InChI is InChI=1S/C23H21N5O4S/c1-13-7-8-15(28(30)31)11-17(13)19-10-9-16(32-19)12-18-20(24)27-23(25-21(18)29)33-22(26-27)14-5-3-2-4-6-14/h7-12,14,24H,2-6H2,1H3/b18-12+,24-20?. The molecule has 1 fully saturated rings. The molecule has 2 aromatic rings. The second kappa shape index (κ2) is 8.43. The fourth-order valence-electron chi connectivity index (χ4n) is 4.23. The van der Waals surface area contributed by atoms with Gasteiger partial charge >= 0.3 is 0 Å². The Kier molecular flexibility index (Phi) is 5.45. The smallest absolute Gasteiger partial charge is 0.283 e. The molecular formula is C23H21N5O4S. The second-order valence-corrected chi connectivity index (χ2v) is 9.24. The average molecular weight is 464 g/mol. The zero-order chi connectivity index (χ0) is 23.1. The van der Waals surface area contributed by atoms with Gasteiger partial charge in [0.15, 0.2) is 5.84 Å². The Morgan fingerprint density at radius 2 is 2.03 bits per heavy atom. The third kappa shape index (κ3) is 4.02. The van der Waals surface area contributed by atoms with Gasteiger partial charge in [0.05, 0.1) is 10.5 Å². The van der Waals surface area contributed by atoms with Gasteiger partial charge in [-0.15, -0.1) is 0 Å². The number of carbonyl (C=O) groups excluding carboxylic acids is 1. The monoisotopic (exact) mass is 463 g/mol. The van der Waals surface area contributed by atoms with Crippen molar-refractivity contribution in [2.75, 3.05) is 0 Å². The molecule has 1 aromatic heterocycles. The SMILES string of the molecule is Cc1ccc([N+](=O)[O-])cc1-c1ccc(/C=C2\C(=N)N3N=C(C4CCCCC4)SC3=NC2=O)o1. The third-order valence-corrected chi connectivity index (χ3v) is 7.11. The molecule has 3 heterocycles. The Morgan fingerprint density at radius 3 is 2.79 bits per heavy atom. The topological polar surface area (TPSA) is 125 Å². The summed E-state index contributed by atoms with van der Waals surface area (Å²) in [5, 5.41) is 27.1. The van der Waals surface area contributed by atoms with Crippen LogP contribution in [-0.2, 0) is 4.79 Å². The minimum Gasteiger partial charge on any atom is -0.457 e. The fraction of sp³-hybridized carbons (Fsp3) is 0.304. The van der Waals surface area contributed by atoms with Crippen molar-refractivity contribution in [2.24, 2.45) is 16.0 Å². The first-order chi connectivity index (χ1) is 15.9. The summed E-state index contributed by atoms with van der Waals surface area (Å²) < 4.78 is 5.86. The van der Waals surface area contributed by atoms with E-state index in [1.807, 2.05) is 6.92 Å². The van der Waals surface area contributed by atoms with Crippen LogP contribution in [0.15, 0.2) is 50.4 Å². The number of fused-ring (bicyclic) bond motifs is 1. The van der Waals surface area contributed by atoms with E-state index in [4.69, 9.17) is 9.83 Å². The Labute approximate surface area is 193 Å². The second-order valence-electron chi connectivity index (χ2n) is 8.25. The molecule has 168 valence electrons. The number of hydrogen-bond donors (Lipinski definition) is 1. The van der Waals surface area contributed by atoms with Crippen LogP contribution in [0, 0.1) is 28.4 Å². The summed E-state index contributed by atoms with van der Waals surface area (Å²) in [6, 6.07) is 7.92. The highest BCUT2D eigenvalue weighted by molar-refractivity contribution is 8.27. The molecule has 1 amide bonds. The minimum atomic E-state index is -0.511. The molecule has 0 spiro atoms. The number of hydrazone groups is 1. The molecule has 0 atom stereocenters. The summed E-state index contributed by atoms with van der Waals surface area (Å²) in [6.45, 7) is 1.84. The average Bonchev–Trinajstić information content (AvgIpc) is 3.45. The highest BCUT2D eigenvalue weighted by atomic mass is 32.2. The Bertz CT molecular complexity index is 1270. The first-order valence-electron chi connectivity index (χ1n) is 10.8. The van der Waals surface area contributed by atoms with Crippen molar-refractivity contribution >= 4 is 45.5 Å². The molecule has 5 rings (SSSR count). The van der Waals surface area contributed by atoms with Gasteiger partial charge in [0.2, 0.25) is 5.17 Å². The molecular weight excluding hydrogens is 442 g/mol. The van der Waals surface area contributed by atoms with Crippen molar-refractivity contribution < 1.29 is 14.1 Å². The maximum absolute atomic E-state index is 12.7. The Morgan fingerprint density at radius 1 is 1.24 bits per heavy atom. The summed E-state index contributed by atoms with van der Waals surface area (Å²) in [5.74, 6) is 0.608. The number of amidine groups is 2. The number of nitrogens with zero attached hydrogens (tertiary/aromatic N) is 4. The van der Waals surface area contributed by atoms with Gasteiger partial charge in [0.25, 0.3) is 11.6 Å². The minimum absolute atomic E-state index is 0.0313. The van der Waals surface area contributed by atoms with Crippen LogP contribution >= 0.6 is 11.8 Å². The quantitative estimate of drug-likeness (QED) is 0.369. The lowest BCUT2D eigenvalue weighted by molar-refractivity contribution is -0.384. The first-order valence-corrected chi connectivity index (χ1v) is 11.6. The lowest BCUT2D eigenvalue weighted by Gasteiger charge is -2.20. The maximum Gasteiger partial charge on any atom is 0.283 e. The van der Waals surface area contributed by atoms with Crippen LogP contribution in [0.4, 0.5) is 5.69 Å². The van der Waals surface area contributed by atoms with E-state index in [0.717, 1.165) is 23.4 Å². The number of rotatable bonds is 4. The number of hydrogen-bond acceptors (Lipinski definition) is 7. The number of amides is 1. The molecule has 1 aliphatic carbocycles. The molecule has 0 unspecified atom stereocenters. The van der Waals surface area contributed by atoms with E-state index in [0.29, 0.717) is 28.2 Å². The first kappa shape index (κ1) is 21.3. The van der Waals surface area contributed by atoms with Crippen LogP contribution in [0.2, 0.25) is 0 Å². The van der Waals surface area contributed by atoms with Gasteiger partial charge in [-0.1, -0.05) is 25.3 Å². The van der Waals surface area contributed by atoms with E-state index in [-0.39, 0.29) is 17.1 Å². The molecule has 3 aliphatic rings. The number of furan rings is 1. The number of aryl methyl sites for hydroxylation is 1. The van der Waals surface area contributed by atoms with Crippen LogP contribution in [0.5, 0.6) is 0 Å². The van der Waals surface area contributed by atoms with Crippen molar-refractivity contribution in [1.82, 2.24) is 5.01 Å². The number of non-ortho nitro benzene ring substituents is 1. The van der Waals surface area contributed by atoms with Gasteiger partial charge in [-0.05, 0) is 55.3 Å². The summed E-state index contributed by atoms with van der Waals surface area (Å²) in [7, 11) is 0.